The van der Waals surface area contributed by atoms with Gasteiger partial charge in [0.15, 0.2) is 5.96 Å². The van der Waals surface area contributed by atoms with E-state index in [2.05, 4.69) is 44.2 Å². The van der Waals surface area contributed by atoms with E-state index in [9.17, 15) is 0 Å². The first-order chi connectivity index (χ1) is 10.2. The van der Waals surface area contributed by atoms with Crippen LogP contribution in [-0.2, 0) is 13.0 Å². The molecule has 1 heterocycles. The van der Waals surface area contributed by atoms with E-state index in [1.54, 1.807) is 6.33 Å². The molecule has 2 unspecified atom stereocenters. The first-order valence-corrected chi connectivity index (χ1v) is 8.06. The van der Waals surface area contributed by atoms with Gasteiger partial charge < -0.3 is 15.2 Å². The second kappa shape index (κ2) is 8.00. The molecule has 0 saturated heterocycles. The lowest BCUT2D eigenvalue weighted by atomic mass is 9.87. The van der Waals surface area contributed by atoms with E-state index in [-0.39, 0.29) is 0 Å². The molecule has 1 saturated carbocycles. The summed E-state index contributed by atoms with van der Waals surface area (Å²) in [5, 5.41) is 15.0. The number of aryl methyl sites for hydroxylation is 1. The van der Waals surface area contributed by atoms with Gasteiger partial charge in [0, 0.05) is 32.6 Å². The molecule has 1 aliphatic carbocycles. The number of rotatable bonds is 5. The third kappa shape index (κ3) is 4.72. The maximum Gasteiger partial charge on any atom is 0.191 e. The Hall–Kier alpha value is -1.59. The summed E-state index contributed by atoms with van der Waals surface area (Å²) >= 11 is 0. The molecular weight excluding hydrogens is 264 g/mol. The van der Waals surface area contributed by atoms with Crippen molar-refractivity contribution in [2.75, 3.05) is 13.6 Å². The minimum atomic E-state index is 0.557. The first-order valence-electron chi connectivity index (χ1n) is 8.06. The second-order valence-electron chi connectivity index (χ2n) is 5.91. The molecule has 0 bridgehead atoms. The normalized spacial score (nSPS) is 23.1. The molecule has 1 aliphatic rings. The molecule has 21 heavy (non-hydrogen) atoms. The van der Waals surface area contributed by atoms with E-state index in [0.29, 0.717) is 6.04 Å². The molecule has 6 nitrogen and oxygen atoms in total. The fraction of sp³-hybridized carbons (Fsp3) is 0.800. The van der Waals surface area contributed by atoms with Crippen LogP contribution >= 0.6 is 0 Å². The van der Waals surface area contributed by atoms with Crippen molar-refractivity contribution in [3.8, 4) is 0 Å². The number of aromatic nitrogens is 3. The standard InChI is InChI=1S/C15H28N6/c1-4-14-20-18-11-21(14)9-8-17-15(16-3)19-13-7-5-6-12(2)10-13/h11-13H,4-10H2,1-3H3,(H2,16,17,19). The van der Waals surface area contributed by atoms with Gasteiger partial charge in [0.05, 0.1) is 0 Å². The number of aliphatic imine (C=N–C) groups is 1. The van der Waals surface area contributed by atoms with Crippen LogP contribution in [0.1, 0.15) is 45.4 Å². The average Bonchev–Trinajstić information content (AvgIpc) is 2.93. The Morgan fingerprint density at radius 1 is 1.48 bits per heavy atom. The molecule has 0 radical (unpaired) electrons. The first kappa shape index (κ1) is 15.8. The van der Waals surface area contributed by atoms with Crippen molar-refractivity contribution in [1.82, 2.24) is 25.4 Å². The van der Waals surface area contributed by atoms with Crippen molar-refractivity contribution in [1.29, 1.82) is 0 Å². The SMILES string of the molecule is CCc1nncn1CCNC(=NC)NC1CCCC(C)C1. The van der Waals surface area contributed by atoms with Crippen molar-refractivity contribution < 1.29 is 0 Å². The highest BCUT2D eigenvalue weighted by atomic mass is 15.3. The maximum absolute atomic E-state index is 4.32. The minimum absolute atomic E-state index is 0.557. The number of guanidine groups is 1. The molecule has 0 spiro atoms. The van der Waals surface area contributed by atoms with Crippen LogP contribution in [0, 0.1) is 5.92 Å². The summed E-state index contributed by atoms with van der Waals surface area (Å²) in [6.07, 6.45) is 7.86. The van der Waals surface area contributed by atoms with Crippen LogP contribution < -0.4 is 10.6 Å². The van der Waals surface area contributed by atoms with E-state index in [4.69, 9.17) is 0 Å². The average molecular weight is 292 g/mol. The fourth-order valence-corrected chi connectivity index (χ4v) is 2.99. The third-order valence-electron chi connectivity index (χ3n) is 4.16. The third-order valence-corrected chi connectivity index (χ3v) is 4.16. The summed E-state index contributed by atoms with van der Waals surface area (Å²) in [4.78, 5) is 4.32. The van der Waals surface area contributed by atoms with Gasteiger partial charge in [-0.25, -0.2) is 0 Å². The highest BCUT2D eigenvalue weighted by Crippen LogP contribution is 2.23. The molecule has 2 N–H and O–H groups in total. The lowest BCUT2D eigenvalue weighted by Crippen LogP contribution is -2.45. The Morgan fingerprint density at radius 2 is 2.33 bits per heavy atom. The summed E-state index contributed by atoms with van der Waals surface area (Å²) in [5.41, 5.74) is 0. The van der Waals surface area contributed by atoms with E-state index in [1.807, 2.05) is 7.05 Å². The van der Waals surface area contributed by atoms with Gasteiger partial charge in [-0.2, -0.15) is 0 Å². The summed E-state index contributed by atoms with van der Waals surface area (Å²) in [6, 6.07) is 0.557. The van der Waals surface area contributed by atoms with E-state index >= 15 is 0 Å². The highest BCUT2D eigenvalue weighted by Gasteiger charge is 2.19. The van der Waals surface area contributed by atoms with Gasteiger partial charge in [0.2, 0.25) is 0 Å². The molecule has 118 valence electrons. The van der Waals surface area contributed by atoms with Crippen LogP contribution in [0.2, 0.25) is 0 Å². The quantitative estimate of drug-likeness (QED) is 0.639. The van der Waals surface area contributed by atoms with Crippen molar-refractivity contribution in [2.45, 2.75) is 58.5 Å². The van der Waals surface area contributed by atoms with E-state index in [0.717, 1.165) is 37.2 Å². The Balaban J connectivity index is 1.75. The summed E-state index contributed by atoms with van der Waals surface area (Å²) in [5.74, 6) is 2.75. The molecule has 2 atom stereocenters. The van der Waals surface area contributed by atoms with Crippen LogP contribution in [0.3, 0.4) is 0 Å². The lowest BCUT2D eigenvalue weighted by molar-refractivity contribution is 0.324. The zero-order valence-corrected chi connectivity index (χ0v) is 13.5. The van der Waals surface area contributed by atoms with Gasteiger partial charge in [-0.1, -0.05) is 26.7 Å². The zero-order valence-electron chi connectivity index (χ0n) is 13.5. The predicted molar refractivity (Wildman–Crippen MR) is 85.3 cm³/mol. The lowest BCUT2D eigenvalue weighted by Gasteiger charge is -2.28. The molecule has 0 aliphatic heterocycles. The molecule has 0 aromatic carbocycles. The molecule has 1 aromatic heterocycles. The molecule has 6 heteroatoms. The van der Waals surface area contributed by atoms with Crippen LogP contribution in [0.25, 0.3) is 0 Å². The van der Waals surface area contributed by atoms with Gasteiger partial charge in [-0.3, -0.25) is 4.99 Å². The molecular formula is C15H28N6. The summed E-state index contributed by atoms with van der Waals surface area (Å²) in [7, 11) is 1.83. The fourth-order valence-electron chi connectivity index (χ4n) is 2.99. The van der Waals surface area contributed by atoms with Gasteiger partial charge in [-0.15, -0.1) is 10.2 Å². The smallest absolute Gasteiger partial charge is 0.191 e. The monoisotopic (exact) mass is 292 g/mol. The van der Waals surface area contributed by atoms with Gasteiger partial charge >= 0.3 is 0 Å². The topological polar surface area (TPSA) is 67.1 Å². The number of nitrogens with one attached hydrogen (secondary N) is 2. The zero-order chi connectivity index (χ0) is 15.1. The van der Waals surface area contributed by atoms with Crippen LogP contribution in [0.4, 0.5) is 0 Å². The van der Waals surface area contributed by atoms with E-state index in [1.165, 1.54) is 25.7 Å². The van der Waals surface area contributed by atoms with Crippen LogP contribution in [-0.4, -0.2) is 40.4 Å². The molecule has 0 amide bonds. The molecule has 1 aromatic rings. The summed E-state index contributed by atoms with van der Waals surface area (Å²) < 4.78 is 2.09. The van der Waals surface area contributed by atoms with Gasteiger partial charge in [-0.05, 0) is 18.8 Å². The van der Waals surface area contributed by atoms with Gasteiger partial charge in [0.25, 0.3) is 0 Å². The maximum atomic E-state index is 4.32. The molecule has 2 rings (SSSR count). The van der Waals surface area contributed by atoms with Crippen molar-refractivity contribution in [3.05, 3.63) is 12.2 Å². The highest BCUT2D eigenvalue weighted by molar-refractivity contribution is 5.79. The number of hydrogen-bond donors (Lipinski definition) is 2. The van der Waals surface area contributed by atoms with Crippen LogP contribution in [0.5, 0.6) is 0 Å². The van der Waals surface area contributed by atoms with Crippen molar-refractivity contribution in [3.63, 3.8) is 0 Å². The predicted octanol–water partition coefficient (Wildman–Crippen LogP) is 1.58. The van der Waals surface area contributed by atoms with Crippen LogP contribution in [0.15, 0.2) is 11.3 Å². The van der Waals surface area contributed by atoms with Gasteiger partial charge in [0.1, 0.15) is 12.2 Å². The second-order valence-corrected chi connectivity index (χ2v) is 5.91. The minimum Gasteiger partial charge on any atom is -0.355 e. The summed E-state index contributed by atoms with van der Waals surface area (Å²) in [6.45, 7) is 6.12. The van der Waals surface area contributed by atoms with E-state index < -0.39 is 0 Å². The Kier molecular flexibility index (Phi) is 6.02. The van der Waals surface area contributed by atoms with Crippen molar-refractivity contribution in [2.24, 2.45) is 10.9 Å². The largest absolute Gasteiger partial charge is 0.355 e. The van der Waals surface area contributed by atoms with Crippen molar-refractivity contribution >= 4 is 5.96 Å². The number of nitrogens with zero attached hydrogens (tertiary/aromatic N) is 4. The Morgan fingerprint density at radius 3 is 3.05 bits per heavy atom. The molecule has 1 fully saturated rings. The Bertz CT molecular complexity index is 453. The number of hydrogen-bond acceptors (Lipinski definition) is 3. The Labute approximate surface area is 127 Å².